The number of hydrogen-bond acceptors (Lipinski definition) is 4. The lowest BCUT2D eigenvalue weighted by molar-refractivity contribution is -0.135. The average Bonchev–Trinajstić information content (AvgIpc) is 3.51. The number of likely N-dealkylation sites (tertiary alicyclic amines) is 1. The predicted molar refractivity (Wildman–Crippen MR) is 107 cm³/mol. The van der Waals surface area contributed by atoms with E-state index < -0.39 is 15.7 Å². The quantitative estimate of drug-likeness (QED) is 0.727. The second kappa shape index (κ2) is 7.85. The van der Waals surface area contributed by atoms with Crippen LogP contribution in [0.2, 0.25) is 0 Å². The summed E-state index contributed by atoms with van der Waals surface area (Å²) in [7, 11) is 0.482. The van der Waals surface area contributed by atoms with Crippen LogP contribution >= 0.6 is 0 Å². The fourth-order valence-corrected chi connectivity index (χ4v) is 6.01. The van der Waals surface area contributed by atoms with Crippen LogP contribution in [0.4, 0.5) is 0 Å². The zero-order valence-electron chi connectivity index (χ0n) is 16.4. The average molecular weight is 405 g/mol. The van der Waals surface area contributed by atoms with Crippen LogP contribution in [0.15, 0.2) is 24.3 Å². The number of carbonyl (C=O) groups excluding carboxylic acids is 2. The molecule has 1 aromatic carbocycles. The summed E-state index contributed by atoms with van der Waals surface area (Å²) in [6.45, 7) is 1.92. The van der Waals surface area contributed by atoms with Crippen molar-refractivity contribution in [3.05, 3.63) is 29.8 Å². The van der Waals surface area contributed by atoms with E-state index >= 15 is 0 Å². The molecule has 152 valence electrons. The number of hydrogen-bond donors (Lipinski definition) is 0. The number of carbonyl (C=O) groups is 2. The van der Waals surface area contributed by atoms with Gasteiger partial charge in [-0.15, -0.1) is 0 Å². The molecule has 4 rings (SSSR count). The topological polar surface area (TPSA) is 66.9 Å². The number of amides is 2. The van der Waals surface area contributed by atoms with Gasteiger partial charge in [0.2, 0.25) is 11.8 Å². The summed E-state index contributed by atoms with van der Waals surface area (Å²) in [5.74, 6) is 1.71. The predicted octanol–water partition coefficient (Wildman–Crippen LogP) is 1.95. The van der Waals surface area contributed by atoms with Gasteiger partial charge >= 0.3 is 0 Å². The molecule has 0 bridgehead atoms. The highest BCUT2D eigenvalue weighted by Gasteiger charge is 2.53. The Kier molecular flexibility index (Phi) is 5.45. The molecule has 7 heteroatoms. The fourth-order valence-electron chi connectivity index (χ4n) is 4.31. The van der Waals surface area contributed by atoms with E-state index in [2.05, 4.69) is 0 Å². The Morgan fingerprint density at radius 3 is 2.50 bits per heavy atom. The number of nitrogens with zero attached hydrogens (tertiary/aromatic N) is 2. The second-order valence-electron chi connectivity index (χ2n) is 8.11. The number of aryl methyl sites for hydroxylation is 1. The Morgan fingerprint density at radius 1 is 1.21 bits per heavy atom. The fraction of sp³-hybridized carbons (Fsp3) is 0.619. The Bertz CT molecular complexity index is 767. The van der Waals surface area contributed by atoms with Crippen molar-refractivity contribution in [2.75, 3.05) is 32.5 Å². The molecule has 0 radical (unpaired) electrons. The first-order chi connectivity index (χ1) is 13.5. The summed E-state index contributed by atoms with van der Waals surface area (Å²) in [4.78, 5) is 28.3. The molecule has 6 nitrogen and oxygen atoms in total. The molecule has 3 fully saturated rings. The molecule has 0 aromatic heterocycles. The second-order valence-corrected chi connectivity index (χ2v) is 9.85. The summed E-state index contributed by atoms with van der Waals surface area (Å²) >= 11 is 0. The van der Waals surface area contributed by atoms with Gasteiger partial charge in [0.15, 0.2) is 0 Å². The third kappa shape index (κ3) is 3.81. The first kappa shape index (κ1) is 19.4. The molecule has 2 aliphatic heterocycles. The van der Waals surface area contributed by atoms with E-state index in [1.165, 1.54) is 12.8 Å². The summed E-state index contributed by atoms with van der Waals surface area (Å²) in [6.07, 6.45) is 4.76. The lowest BCUT2D eigenvalue weighted by atomic mass is 10.0. The van der Waals surface area contributed by atoms with Crippen molar-refractivity contribution < 1.29 is 18.5 Å². The minimum atomic E-state index is -1.16. The molecule has 1 unspecified atom stereocenters. The van der Waals surface area contributed by atoms with E-state index in [0.717, 1.165) is 17.9 Å². The van der Waals surface area contributed by atoms with Crippen molar-refractivity contribution in [3.63, 3.8) is 0 Å². The zero-order chi connectivity index (χ0) is 19.7. The van der Waals surface area contributed by atoms with E-state index in [0.29, 0.717) is 44.7 Å². The van der Waals surface area contributed by atoms with Crippen molar-refractivity contribution in [2.24, 2.45) is 5.92 Å². The van der Waals surface area contributed by atoms with Gasteiger partial charge < -0.3 is 14.5 Å². The van der Waals surface area contributed by atoms with E-state index in [4.69, 9.17) is 4.74 Å². The van der Waals surface area contributed by atoms with Crippen LogP contribution in [0, 0.1) is 5.92 Å². The van der Waals surface area contributed by atoms with Crippen LogP contribution in [-0.2, 0) is 26.8 Å². The van der Waals surface area contributed by atoms with Crippen LogP contribution in [0.1, 0.15) is 37.7 Å². The maximum absolute atomic E-state index is 12.7. The Hall–Kier alpha value is -1.89. The van der Waals surface area contributed by atoms with Crippen LogP contribution in [0.5, 0.6) is 5.75 Å². The number of ether oxygens (including phenoxy) is 1. The number of rotatable bonds is 6. The van der Waals surface area contributed by atoms with Crippen LogP contribution < -0.4 is 4.74 Å². The Balaban J connectivity index is 1.33. The van der Waals surface area contributed by atoms with Gasteiger partial charge in [-0.2, -0.15) is 0 Å². The maximum Gasteiger partial charge on any atom is 0.236 e. The van der Waals surface area contributed by atoms with Crippen molar-refractivity contribution in [3.8, 4) is 5.75 Å². The van der Waals surface area contributed by atoms with Crippen LogP contribution in [0.25, 0.3) is 0 Å². The number of benzene rings is 1. The molecule has 2 heterocycles. The SMILES string of the molecule is COc1ccc(CCC(=O)N2CCC3(CC2)N(CC2CC2)C(=O)CS3=O)cc1. The largest absolute Gasteiger partial charge is 0.497 e. The van der Waals surface area contributed by atoms with Gasteiger partial charge in [-0.3, -0.25) is 13.8 Å². The monoisotopic (exact) mass is 404 g/mol. The van der Waals surface area contributed by atoms with Gasteiger partial charge in [0.25, 0.3) is 0 Å². The lowest BCUT2D eigenvalue weighted by Gasteiger charge is -2.43. The molecular weight excluding hydrogens is 376 g/mol. The molecule has 3 aliphatic rings. The zero-order valence-corrected chi connectivity index (χ0v) is 17.2. The third-order valence-corrected chi connectivity index (χ3v) is 8.28. The highest BCUT2D eigenvalue weighted by Crippen LogP contribution is 2.41. The van der Waals surface area contributed by atoms with Gasteiger partial charge in [-0.05, 0) is 42.9 Å². The van der Waals surface area contributed by atoms with Crippen LogP contribution in [0.3, 0.4) is 0 Å². The van der Waals surface area contributed by atoms with Crippen molar-refractivity contribution in [1.29, 1.82) is 0 Å². The van der Waals surface area contributed by atoms with E-state index in [1.807, 2.05) is 34.1 Å². The Labute approximate surface area is 168 Å². The summed E-state index contributed by atoms with van der Waals surface area (Å²) in [6, 6.07) is 7.79. The molecule has 2 amide bonds. The van der Waals surface area contributed by atoms with E-state index in [1.54, 1.807) is 7.11 Å². The molecule has 1 spiro atoms. The van der Waals surface area contributed by atoms with Gasteiger partial charge in [-0.1, -0.05) is 12.1 Å². The van der Waals surface area contributed by atoms with Crippen molar-refractivity contribution in [2.45, 2.75) is 43.4 Å². The number of piperidine rings is 1. The van der Waals surface area contributed by atoms with Crippen molar-refractivity contribution >= 4 is 22.6 Å². The normalized spacial score (nSPS) is 24.0. The molecule has 1 aromatic rings. The van der Waals surface area contributed by atoms with Crippen LogP contribution in [-0.4, -0.2) is 63.2 Å². The van der Waals surface area contributed by atoms with Crippen molar-refractivity contribution in [1.82, 2.24) is 9.80 Å². The molecule has 1 atom stereocenters. The standard InChI is InChI=1S/C21H28N2O4S/c1-27-18-7-4-16(5-8-18)6-9-19(24)22-12-10-21(11-13-22)23(14-17-2-3-17)20(25)15-28(21)26/h4-5,7-8,17H,2-3,6,9-15H2,1H3. The highest BCUT2D eigenvalue weighted by atomic mass is 32.2. The smallest absolute Gasteiger partial charge is 0.236 e. The van der Waals surface area contributed by atoms with E-state index in [-0.39, 0.29) is 17.6 Å². The molecule has 2 saturated heterocycles. The highest BCUT2D eigenvalue weighted by molar-refractivity contribution is 7.87. The lowest BCUT2D eigenvalue weighted by Crippen LogP contribution is -2.56. The molecule has 0 N–H and O–H groups in total. The summed E-state index contributed by atoms with van der Waals surface area (Å²) in [5, 5.41) is 0. The first-order valence-electron chi connectivity index (χ1n) is 10.1. The molecular formula is C21H28N2O4S. The molecule has 1 saturated carbocycles. The Morgan fingerprint density at radius 2 is 1.89 bits per heavy atom. The van der Waals surface area contributed by atoms with Gasteiger partial charge in [-0.25, -0.2) is 0 Å². The molecule has 28 heavy (non-hydrogen) atoms. The molecule has 1 aliphatic carbocycles. The summed E-state index contributed by atoms with van der Waals surface area (Å²) in [5.41, 5.74) is 1.11. The third-order valence-electron chi connectivity index (χ3n) is 6.29. The van der Waals surface area contributed by atoms with E-state index in [9.17, 15) is 13.8 Å². The van der Waals surface area contributed by atoms with Gasteiger partial charge in [0, 0.05) is 38.9 Å². The minimum Gasteiger partial charge on any atom is -0.497 e. The minimum absolute atomic E-state index is 0.0320. The summed E-state index contributed by atoms with van der Waals surface area (Å²) < 4.78 is 17.9. The number of methoxy groups -OCH3 is 1. The maximum atomic E-state index is 12.7. The first-order valence-corrected chi connectivity index (χ1v) is 11.4. The van der Waals surface area contributed by atoms with Gasteiger partial charge in [0.05, 0.1) is 17.9 Å². The van der Waals surface area contributed by atoms with Gasteiger partial charge in [0.1, 0.15) is 16.4 Å².